The van der Waals surface area contributed by atoms with E-state index >= 15 is 0 Å². The lowest BCUT2D eigenvalue weighted by Crippen LogP contribution is -2.29. The molecule has 0 saturated heterocycles. The summed E-state index contributed by atoms with van der Waals surface area (Å²) in [6.45, 7) is 8.13. The van der Waals surface area contributed by atoms with E-state index in [-0.39, 0.29) is 5.56 Å². The molecule has 0 radical (unpaired) electrons. The average molecular weight is 236 g/mol. The molecule has 1 unspecified atom stereocenters. The zero-order valence-corrected chi connectivity index (χ0v) is 10.7. The quantitative estimate of drug-likeness (QED) is 0.825. The van der Waals surface area contributed by atoms with Gasteiger partial charge < -0.3 is 10.0 Å². The van der Waals surface area contributed by atoms with E-state index in [0.717, 1.165) is 25.3 Å². The molecular weight excluding hydrogens is 216 g/mol. The van der Waals surface area contributed by atoms with Crippen LogP contribution in [0.2, 0.25) is 0 Å². The minimum absolute atomic E-state index is 0.289. The largest absolute Gasteiger partial charge is 0.478 e. The molecule has 0 aromatic carbocycles. The zero-order chi connectivity index (χ0) is 12.8. The third-order valence-electron chi connectivity index (χ3n) is 2.93. The minimum Gasteiger partial charge on any atom is -0.478 e. The first-order chi connectivity index (χ1) is 8.08. The summed E-state index contributed by atoms with van der Waals surface area (Å²) in [5.41, 5.74) is 0.289. The van der Waals surface area contributed by atoms with Gasteiger partial charge in [-0.3, -0.25) is 0 Å². The van der Waals surface area contributed by atoms with Gasteiger partial charge in [-0.2, -0.15) is 0 Å². The Morgan fingerprint density at radius 3 is 2.76 bits per heavy atom. The standard InChI is InChI=1S/C13H20N2O2/c1-4-10(3)9-15(5-2)12-8-11(13(16)17)6-7-14-12/h6-8,10H,4-5,9H2,1-3H3,(H,16,17). The normalized spacial score (nSPS) is 12.2. The number of aromatic carboxylic acids is 1. The van der Waals surface area contributed by atoms with E-state index in [2.05, 4.69) is 30.7 Å². The highest BCUT2D eigenvalue weighted by atomic mass is 16.4. The summed E-state index contributed by atoms with van der Waals surface area (Å²) in [7, 11) is 0. The van der Waals surface area contributed by atoms with Crippen LogP contribution in [0.15, 0.2) is 18.3 Å². The van der Waals surface area contributed by atoms with Gasteiger partial charge in [-0.1, -0.05) is 20.3 Å². The summed E-state index contributed by atoms with van der Waals surface area (Å²) >= 11 is 0. The van der Waals surface area contributed by atoms with Crippen LogP contribution >= 0.6 is 0 Å². The Hall–Kier alpha value is -1.58. The third kappa shape index (κ3) is 3.73. The molecular formula is C13H20N2O2. The van der Waals surface area contributed by atoms with Gasteiger partial charge in [-0.15, -0.1) is 0 Å². The van der Waals surface area contributed by atoms with Crippen molar-refractivity contribution >= 4 is 11.8 Å². The van der Waals surface area contributed by atoms with Crippen LogP contribution in [0.1, 0.15) is 37.6 Å². The van der Waals surface area contributed by atoms with Crippen LogP contribution in [0.3, 0.4) is 0 Å². The number of nitrogens with zero attached hydrogens (tertiary/aromatic N) is 2. The van der Waals surface area contributed by atoms with Crippen LogP contribution in [0, 0.1) is 5.92 Å². The summed E-state index contributed by atoms with van der Waals surface area (Å²) in [6.07, 6.45) is 2.66. The van der Waals surface area contributed by atoms with Crippen LogP contribution in [-0.2, 0) is 0 Å². The van der Waals surface area contributed by atoms with Crippen LogP contribution in [0.25, 0.3) is 0 Å². The van der Waals surface area contributed by atoms with E-state index in [1.165, 1.54) is 6.07 Å². The van der Waals surface area contributed by atoms with Crippen molar-refractivity contribution in [3.63, 3.8) is 0 Å². The molecule has 1 atom stereocenters. The highest BCUT2D eigenvalue weighted by Crippen LogP contribution is 2.15. The summed E-state index contributed by atoms with van der Waals surface area (Å²) in [5, 5.41) is 8.95. The molecule has 1 rings (SSSR count). The van der Waals surface area contributed by atoms with E-state index in [0.29, 0.717) is 5.92 Å². The third-order valence-corrected chi connectivity index (χ3v) is 2.93. The fourth-order valence-corrected chi connectivity index (χ4v) is 1.61. The smallest absolute Gasteiger partial charge is 0.335 e. The predicted octanol–water partition coefficient (Wildman–Crippen LogP) is 2.65. The molecule has 17 heavy (non-hydrogen) atoms. The molecule has 1 N–H and O–H groups in total. The number of carboxylic acid groups (broad SMARTS) is 1. The van der Waals surface area contributed by atoms with Gasteiger partial charge in [0.2, 0.25) is 0 Å². The number of carbonyl (C=O) groups is 1. The molecule has 0 bridgehead atoms. The second-order valence-electron chi connectivity index (χ2n) is 4.26. The Morgan fingerprint density at radius 1 is 1.53 bits per heavy atom. The van der Waals surface area contributed by atoms with E-state index in [1.807, 2.05) is 0 Å². The van der Waals surface area contributed by atoms with Gasteiger partial charge in [0.05, 0.1) is 5.56 Å². The molecule has 0 fully saturated rings. The number of hydrogen-bond acceptors (Lipinski definition) is 3. The molecule has 1 heterocycles. The number of carboxylic acids is 1. The van der Waals surface area contributed by atoms with Gasteiger partial charge in [-0.05, 0) is 25.0 Å². The van der Waals surface area contributed by atoms with Crippen molar-refractivity contribution in [3.8, 4) is 0 Å². The van der Waals surface area contributed by atoms with Crippen molar-refractivity contribution in [3.05, 3.63) is 23.9 Å². The lowest BCUT2D eigenvalue weighted by molar-refractivity contribution is 0.0697. The Morgan fingerprint density at radius 2 is 2.24 bits per heavy atom. The molecule has 94 valence electrons. The van der Waals surface area contributed by atoms with Crippen molar-refractivity contribution in [2.24, 2.45) is 5.92 Å². The lowest BCUT2D eigenvalue weighted by Gasteiger charge is -2.25. The number of pyridine rings is 1. The van der Waals surface area contributed by atoms with E-state index < -0.39 is 5.97 Å². The first kappa shape index (κ1) is 13.5. The van der Waals surface area contributed by atoms with Crippen molar-refractivity contribution in [1.82, 2.24) is 4.98 Å². The maximum atomic E-state index is 10.9. The molecule has 0 saturated carbocycles. The average Bonchev–Trinajstić information content (AvgIpc) is 2.35. The van der Waals surface area contributed by atoms with Crippen LogP contribution in [0.4, 0.5) is 5.82 Å². The molecule has 4 nitrogen and oxygen atoms in total. The highest BCUT2D eigenvalue weighted by molar-refractivity contribution is 5.88. The van der Waals surface area contributed by atoms with Crippen molar-refractivity contribution in [2.75, 3.05) is 18.0 Å². The van der Waals surface area contributed by atoms with Crippen LogP contribution in [-0.4, -0.2) is 29.1 Å². The van der Waals surface area contributed by atoms with Crippen LogP contribution < -0.4 is 4.90 Å². The van der Waals surface area contributed by atoms with Gasteiger partial charge in [0.25, 0.3) is 0 Å². The van der Waals surface area contributed by atoms with Crippen molar-refractivity contribution in [2.45, 2.75) is 27.2 Å². The number of anilines is 1. The number of aromatic nitrogens is 1. The molecule has 0 aliphatic carbocycles. The van der Waals surface area contributed by atoms with Crippen molar-refractivity contribution < 1.29 is 9.90 Å². The van der Waals surface area contributed by atoms with Gasteiger partial charge >= 0.3 is 5.97 Å². The molecule has 0 aliphatic rings. The molecule has 4 heteroatoms. The first-order valence-corrected chi connectivity index (χ1v) is 6.02. The second-order valence-corrected chi connectivity index (χ2v) is 4.26. The maximum Gasteiger partial charge on any atom is 0.335 e. The predicted molar refractivity (Wildman–Crippen MR) is 68.5 cm³/mol. The van der Waals surface area contributed by atoms with Gasteiger partial charge in [0.15, 0.2) is 0 Å². The first-order valence-electron chi connectivity index (χ1n) is 6.02. The Bertz CT molecular complexity index is 379. The van der Waals surface area contributed by atoms with E-state index in [4.69, 9.17) is 5.11 Å². The topological polar surface area (TPSA) is 53.4 Å². The molecule has 1 aromatic rings. The summed E-state index contributed by atoms with van der Waals surface area (Å²) in [5.74, 6) is 0.408. The second kappa shape index (κ2) is 6.23. The molecule has 0 aliphatic heterocycles. The molecule has 0 amide bonds. The van der Waals surface area contributed by atoms with Crippen LogP contribution in [0.5, 0.6) is 0 Å². The Balaban J connectivity index is 2.88. The van der Waals surface area contributed by atoms with Crippen molar-refractivity contribution in [1.29, 1.82) is 0 Å². The van der Waals surface area contributed by atoms with E-state index in [9.17, 15) is 4.79 Å². The zero-order valence-electron chi connectivity index (χ0n) is 10.7. The molecule has 1 aromatic heterocycles. The summed E-state index contributed by atoms with van der Waals surface area (Å²) < 4.78 is 0. The fraction of sp³-hybridized carbons (Fsp3) is 0.538. The number of hydrogen-bond donors (Lipinski definition) is 1. The fourth-order valence-electron chi connectivity index (χ4n) is 1.61. The minimum atomic E-state index is -0.909. The Labute approximate surface area is 102 Å². The van der Waals surface area contributed by atoms with Gasteiger partial charge in [0.1, 0.15) is 5.82 Å². The summed E-state index contributed by atoms with van der Waals surface area (Å²) in [6, 6.07) is 3.15. The van der Waals surface area contributed by atoms with E-state index in [1.54, 1.807) is 12.3 Å². The molecule has 0 spiro atoms. The number of rotatable bonds is 6. The SMILES string of the molecule is CCC(C)CN(CC)c1cc(C(=O)O)ccn1. The van der Waals surface area contributed by atoms with Gasteiger partial charge in [-0.25, -0.2) is 9.78 Å². The monoisotopic (exact) mass is 236 g/mol. The lowest BCUT2D eigenvalue weighted by atomic mass is 10.1. The van der Waals surface area contributed by atoms with Gasteiger partial charge in [0, 0.05) is 19.3 Å². The Kier molecular flexibility index (Phi) is 4.94. The highest BCUT2D eigenvalue weighted by Gasteiger charge is 2.11. The summed E-state index contributed by atoms with van der Waals surface area (Å²) in [4.78, 5) is 17.3. The maximum absolute atomic E-state index is 10.9.